The van der Waals surface area contributed by atoms with Crippen LogP contribution in [0.5, 0.6) is 17.2 Å². The number of halogens is 6. The molecule has 210 valence electrons. The van der Waals surface area contributed by atoms with Gasteiger partial charge in [-0.25, -0.2) is 4.99 Å². The van der Waals surface area contributed by atoms with E-state index >= 15 is 0 Å². The number of nitrogens with zero attached hydrogens (tertiary/aromatic N) is 3. The lowest BCUT2D eigenvalue weighted by atomic mass is 10.1. The van der Waals surface area contributed by atoms with Crippen LogP contribution in [-0.4, -0.2) is 54.3 Å². The van der Waals surface area contributed by atoms with E-state index in [9.17, 15) is 31.1 Å². The molecule has 1 saturated heterocycles. The molecule has 0 bridgehead atoms. The van der Waals surface area contributed by atoms with Gasteiger partial charge in [0, 0.05) is 31.2 Å². The first kappa shape index (κ1) is 27.4. The van der Waals surface area contributed by atoms with E-state index in [2.05, 4.69) is 4.99 Å². The maximum absolute atomic E-state index is 13.5. The maximum Gasteiger partial charge on any atom is 0.416 e. The Hall–Kier alpha value is -4.22. The number of hydrogen-bond donors (Lipinski definition) is 0. The van der Waals surface area contributed by atoms with Gasteiger partial charge in [0.25, 0.3) is 5.91 Å². The number of alkyl halides is 6. The van der Waals surface area contributed by atoms with Crippen LogP contribution in [0.3, 0.4) is 0 Å². The van der Waals surface area contributed by atoms with E-state index in [1.54, 1.807) is 30.0 Å². The molecule has 1 fully saturated rings. The van der Waals surface area contributed by atoms with Gasteiger partial charge in [-0.15, -0.1) is 0 Å². The average Bonchev–Trinajstić information content (AvgIpc) is 3.07. The molecule has 1 amide bonds. The third-order valence-electron chi connectivity index (χ3n) is 6.81. The fourth-order valence-electron chi connectivity index (χ4n) is 4.72. The number of aliphatic imine (C=N–C) groups is 1. The second-order valence-electron chi connectivity index (χ2n) is 9.45. The summed E-state index contributed by atoms with van der Waals surface area (Å²) in [5, 5.41) is 0. The minimum absolute atomic E-state index is 0.00379. The standard InChI is InChI=1S/C28H23F6N3O3/c1-16-15-36(11-12-37(16)26(38)17-3-5-18(6-4-17)27(29,30)31)25-21-14-20(39-2)8-10-23(21)40-24-9-7-19(28(32,33)34)13-22(24)35-25/h3-10,13-14,16H,11-12,15H2,1-2H3/t16-/m0/s1. The summed E-state index contributed by atoms with van der Waals surface area (Å²) >= 11 is 0. The van der Waals surface area contributed by atoms with Crippen LogP contribution in [0.4, 0.5) is 32.0 Å². The van der Waals surface area contributed by atoms with E-state index in [0.717, 1.165) is 36.4 Å². The smallest absolute Gasteiger partial charge is 0.416 e. The molecule has 0 N–H and O–H groups in total. The summed E-state index contributed by atoms with van der Waals surface area (Å²) in [4.78, 5) is 21.1. The number of amidine groups is 1. The molecule has 2 aliphatic heterocycles. The van der Waals surface area contributed by atoms with E-state index in [0.29, 0.717) is 22.9 Å². The summed E-state index contributed by atoms with van der Waals surface area (Å²) in [5.41, 5.74) is -1.10. The third-order valence-corrected chi connectivity index (χ3v) is 6.81. The highest BCUT2D eigenvalue weighted by Gasteiger charge is 2.35. The number of amides is 1. The fourth-order valence-corrected chi connectivity index (χ4v) is 4.72. The van der Waals surface area contributed by atoms with E-state index in [4.69, 9.17) is 9.47 Å². The number of piperazine rings is 1. The van der Waals surface area contributed by atoms with Crippen LogP contribution in [0.1, 0.15) is 34.0 Å². The van der Waals surface area contributed by atoms with E-state index in [1.165, 1.54) is 13.2 Å². The van der Waals surface area contributed by atoms with Gasteiger partial charge in [0.1, 0.15) is 23.0 Å². The Morgan fingerprint density at radius 1 is 0.900 bits per heavy atom. The number of rotatable bonds is 2. The van der Waals surface area contributed by atoms with Crippen LogP contribution < -0.4 is 9.47 Å². The molecule has 2 aliphatic rings. The zero-order chi connectivity index (χ0) is 28.8. The second kappa shape index (κ2) is 10.1. The third kappa shape index (κ3) is 5.30. The van der Waals surface area contributed by atoms with Crippen molar-refractivity contribution in [1.82, 2.24) is 9.80 Å². The van der Waals surface area contributed by atoms with Gasteiger partial charge in [-0.2, -0.15) is 26.3 Å². The summed E-state index contributed by atoms with van der Waals surface area (Å²) in [6.45, 7) is 2.51. The molecule has 12 heteroatoms. The molecule has 5 rings (SSSR count). The molecule has 40 heavy (non-hydrogen) atoms. The van der Waals surface area contributed by atoms with Crippen molar-refractivity contribution >= 4 is 17.4 Å². The molecule has 6 nitrogen and oxygen atoms in total. The Bertz CT molecular complexity index is 1470. The van der Waals surface area contributed by atoms with Crippen molar-refractivity contribution in [2.45, 2.75) is 25.3 Å². The second-order valence-corrected chi connectivity index (χ2v) is 9.45. The highest BCUT2D eigenvalue weighted by Crippen LogP contribution is 2.42. The molecular weight excluding hydrogens is 540 g/mol. The molecular formula is C28H23F6N3O3. The zero-order valence-electron chi connectivity index (χ0n) is 21.3. The quantitative estimate of drug-likeness (QED) is 0.323. The Labute approximate surface area is 225 Å². The summed E-state index contributed by atoms with van der Waals surface area (Å²) in [5.74, 6) is 0.934. The minimum atomic E-state index is -4.58. The molecule has 2 heterocycles. The summed E-state index contributed by atoms with van der Waals surface area (Å²) in [6, 6.07) is 11.7. The van der Waals surface area contributed by atoms with Gasteiger partial charge < -0.3 is 19.3 Å². The SMILES string of the molecule is COc1ccc2c(c1)C(N1CCN(C(=O)c3ccc(C(F)(F)F)cc3)[C@@H](C)C1)=Nc1cc(C(F)(F)F)ccc1O2. The van der Waals surface area contributed by atoms with Gasteiger partial charge in [0.05, 0.1) is 23.8 Å². The lowest BCUT2D eigenvalue weighted by molar-refractivity contribution is -0.138. The Kier molecular flexibility index (Phi) is 6.89. The number of carbonyl (C=O) groups is 1. The molecule has 0 spiro atoms. The van der Waals surface area contributed by atoms with Gasteiger partial charge in [-0.1, -0.05) is 0 Å². The first-order valence-corrected chi connectivity index (χ1v) is 12.2. The minimum Gasteiger partial charge on any atom is -0.497 e. The van der Waals surface area contributed by atoms with Gasteiger partial charge in [-0.3, -0.25) is 4.79 Å². The van der Waals surface area contributed by atoms with Crippen molar-refractivity contribution in [2.75, 3.05) is 26.7 Å². The van der Waals surface area contributed by atoms with Crippen LogP contribution in [-0.2, 0) is 12.4 Å². The first-order valence-electron chi connectivity index (χ1n) is 12.2. The molecule has 3 aromatic rings. The van der Waals surface area contributed by atoms with Crippen molar-refractivity contribution < 1.29 is 40.6 Å². The Balaban J connectivity index is 1.46. The summed E-state index contributed by atoms with van der Waals surface area (Å²) in [7, 11) is 1.48. The van der Waals surface area contributed by atoms with Gasteiger partial charge in [0.2, 0.25) is 0 Å². The van der Waals surface area contributed by atoms with E-state index in [1.807, 2.05) is 4.90 Å². The van der Waals surface area contributed by atoms with Crippen molar-refractivity contribution in [3.63, 3.8) is 0 Å². The summed E-state index contributed by atoms with van der Waals surface area (Å²) in [6.07, 6.45) is -9.09. The predicted molar refractivity (Wildman–Crippen MR) is 134 cm³/mol. The monoisotopic (exact) mass is 563 g/mol. The first-order chi connectivity index (χ1) is 18.8. The Morgan fingerprint density at radius 2 is 1.55 bits per heavy atom. The van der Waals surface area contributed by atoms with Crippen LogP contribution in [0, 0.1) is 0 Å². The zero-order valence-corrected chi connectivity index (χ0v) is 21.3. The molecule has 3 aromatic carbocycles. The Morgan fingerprint density at radius 3 is 2.17 bits per heavy atom. The fraction of sp³-hybridized carbons (Fsp3) is 0.286. The largest absolute Gasteiger partial charge is 0.497 e. The molecule has 0 aromatic heterocycles. The molecule has 1 atom stereocenters. The molecule has 0 saturated carbocycles. The highest BCUT2D eigenvalue weighted by atomic mass is 19.4. The van der Waals surface area contributed by atoms with Gasteiger partial charge in [0.15, 0.2) is 5.75 Å². The average molecular weight is 563 g/mol. The number of methoxy groups -OCH3 is 1. The number of ether oxygens (including phenoxy) is 2. The lowest BCUT2D eigenvalue weighted by Crippen LogP contribution is -2.55. The van der Waals surface area contributed by atoms with Crippen molar-refractivity contribution in [3.8, 4) is 17.2 Å². The van der Waals surface area contributed by atoms with E-state index < -0.39 is 35.4 Å². The van der Waals surface area contributed by atoms with Crippen molar-refractivity contribution in [2.24, 2.45) is 4.99 Å². The predicted octanol–water partition coefficient (Wildman–Crippen LogP) is 6.76. The lowest BCUT2D eigenvalue weighted by Gasteiger charge is -2.41. The maximum atomic E-state index is 13.5. The number of benzene rings is 3. The van der Waals surface area contributed by atoms with Gasteiger partial charge >= 0.3 is 12.4 Å². The van der Waals surface area contributed by atoms with Crippen LogP contribution >= 0.6 is 0 Å². The number of carbonyl (C=O) groups excluding carboxylic acids is 1. The van der Waals surface area contributed by atoms with E-state index in [-0.39, 0.29) is 36.6 Å². The van der Waals surface area contributed by atoms with Crippen LogP contribution in [0.15, 0.2) is 65.7 Å². The topological polar surface area (TPSA) is 54.4 Å². The molecule has 0 unspecified atom stereocenters. The molecule has 0 radical (unpaired) electrons. The normalized spacial score (nSPS) is 17.3. The van der Waals surface area contributed by atoms with Gasteiger partial charge in [-0.05, 0) is 67.6 Å². The van der Waals surface area contributed by atoms with Crippen LogP contribution in [0.2, 0.25) is 0 Å². The van der Waals surface area contributed by atoms with Crippen molar-refractivity contribution in [1.29, 1.82) is 0 Å². The molecule has 0 aliphatic carbocycles. The number of fused-ring (bicyclic) bond motifs is 2. The van der Waals surface area contributed by atoms with Crippen molar-refractivity contribution in [3.05, 3.63) is 82.9 Å². The van der Waals surface area contributed by atoms with Crippen LogP contribution in [0.25, 0.3) is 0 Å². The highest BCUT2D eigenvalue weighted by molar-refractivity contribution is 6.04. The number of hydrogen-bond acceptors (Lipinski definition) is 5. The summed E-state index contributed by atoms with van der Waals surface area (Å²) < 4.78 is 90.4.